The molecule has 1 aliphatic rings. The number of oxazole rings is 1. The minimum Gasteiger partial charge on any atom is -0.468 e. The highest BCUT2D eigenvalue weighted by molar-refractivity contribution is 7.03. The van der Waals surface area contributed by atoms with Gasteiger partial charge in [-0.3, -0.25) is 9.97 Å². The van der Waals surface area contributed by atoms with Crippen LogP contribution in [-0.4, -0.2) is 55.1 Å². The maximum absolute atomic E-state index is 6.95. The highest BCUT2D eigenvalue weighted by Crippen LogP contribution is 2.65. The second-order valence-corrected chi connectivity index (χ2v) is 8.24. The number of H-pyrrole nitrogens is 2. The fraction of sp³-hybridized carbons (Fsp3) is 0.0952. The van der Waals surface area contributed by atoms with Crippen LogP contribution in [0.3, 0.4) is 0 Å². The monoisotopic (exact) mass is 499 g/mol. The molecule has 36 heavy (non-hydrogen) atoms. The molecule has 14 nitrogen and oxygen atoms in total. The SMILES string of the molecule is c1cnc(C2(c3csnn3)OC(c3ncc[nH]3)=C(c3ncco3)C2(c2cn[nH]n2)c2ccon2)cn1. The van der Waals surface area contributed by atoms with Gasteiger partial charge in [-0.1, -0.05) is 9.64 Å². The van der Waals surface area contributed by atoms with Crippen molar-refractivity contribution in [2.24, 2.45) is 0 Å². The minimum atomic E-state index is -1.56. The third-order valence-electron chi connectivity index (χ3n) is 6.01. The molecule has 15 heteroatoms. The number of nitrogens with zero attached hydrogens (tertiary/aromatic N) is 9. The Morgan fingerprint density at radius 2 is 1.92 bits per heavy atom. The molecule has 1 aliphatic heterocycles. The summed E-state index contributed by atoms with van der Waals surface area (Å²) in [5, 5.41) is 21.9. The smallest absolute Gasteiger partial charge is 0.227 e. The molecule has 2 atom stereocenters. The lowest BCUT2D eigenvalue weighted by Crippen LogP contribution is -2.51. The van der Waals surface area contributed by atoms with E-state index in [4.69, 9.17) is 13.7 Å². The molecule has 0 spiro atoms. The number of ether oxygens (including phenoxy) is 1. The fourth-order valence-corrected chi connectivity index (χ4v) is 5.24. The van der Waals surface area contributed by atoms with Crippen LogP contribution in [0.2, 0.25) is 0 Å². The highest BCUT2D eigenvalue weighted by atomic mass is 32.1. The topological polar surface area (TPSA) is 183 Å². The molecule has 0 fully saturated rings. The Labute approximate surface area is 204 Å². The summed E-state index contributed by atoms with van der Waals surface area (Å²) >= 11 is 1.15. The van der Waals surface area contributed by atoms with Gasteiger partial charge in [-0.05, 0) is 11.5 Å². The third-order valence-corrected chi connectivity index (χ3v) is 6.52. The number of imidazole rings is 1. The first kappa shape index (κ1) is 20.3. The van der Waals surface area contributed by atoms with Gasteiger partial charge in [0.2, 0.25) is 11.5 Å². The average Bonchev–Trinajstić information content (AvgIpc) is 3.73. The van der Waals surface area contributed by atoms with E-state index in [2.05, 4.69) is 55.1 Å². The van der Waals surface area contributed by atoms with E-state index < -0.39 is 11.0 Å². The second kappa shape index (κ2) is 7.74. The molecule has 0 radical (unpaired) electrons. The Kier molecular flexibility index (Phi) is 4.37. The maximum atomic E-state index is 6.95. The summed E-state index contributed by atoms with van der Waals surface area (Å²) in [6.45, 7) is 0. The largest absolute Gasteiger partial charge is 0.468 e. The van der Waals surface area contributed by atoms with Crippen molar-refractivity contribution in [1.29, 1.82) is 0 Å². The van der Waals surface area contributed by atoms with Gasteiger partial charge >= 0.3 is 0 Å². The van der Waals surface area contributed by atoms with Crippen LogP contribution in [0.15, 0.2) is 76.3 Å². The van der Waals surface area contributed by atoms with Gasteiger partial charge < -0.3 is 18.7 Å². The van der Waals surface area contributed by atoms with Crippen LogP contribution in [0, 0.1) is 0 Å². The van der Waals surface area contributed by atoms with Gasteiger partial charge in [0, 0.05) is 36.2 Å². The molecule has 2 N–H and O–H groups in total. The van der Waals surface area contributed by atoms with E-state index in [1.807, 2.05) is 0 Å². The molecule has 0 saturated carbocycles. The van der Waals surface area contributed by atoms with Crippen LogP contribution in [0.5, 0.6) is 0 Å². The fourth-order valence-electron chi connectivity index (χ4n) is 4.74. The minimum absolute atomic E-state index is 0.237. The Balaban J connectivity index is 1.72. The van der Waals surface area contributed by atoms with Crippen molar-refractivity contribution in [3.05, 3.63) is 102 Å². The summed E-state index contributed by atoms with van der Waals surface area (Å²) in [6.07, 6.45) is 14.0. The molecule has 0 saturated heterocycles. The van der Waals surface area contributed by atoms with Crippen molar-refractivity contribution >= 4 is 22.9 Å². The average molecular weight is 499 g/mol. The van der Waals surface area contributed by atoms with Crippen LogP contribution >= 0.6 is 11.5 Å². The molecule has 0 bridgehead atoms. The maximum Gasteiger partial charge on any atom is 0.227 e. The summed E-state index contributed by atoms with van der Waals surface area (Å²) in [6, 6.07) is 1.71. The van der Waals surface area contributed by atoms with E-state index in [1.54, 1.807) is 48.6 Å². The second-order valence-electron chi connectivity index (χ2n) is 7.63. The highest BCUT2D eigenvalue weighted by Gasteiger charge is 2.71. The molecule has 176 valence electrons. The first-order chi connectivity index (χ1) is 17.9. The van der Waals surface area contributed by atoms with Crippen LogP contribution < -0.4 is 0 Å². The number of rotatable bonds is 6. The van der Waals surface area contributed by atoms with E-state index in [0.29, 0.717) is 39.9 Å². The van der Waals surface area contributed by atoms with Gasteiger partial charge in [0.25, 0.3) is 0 Å². The lowest BCUT2D eigenvalue weighted by molar-refractivity contribution is 0.0421. The van der Waals surface area contributed by atoms with Crippen LogP contribution in [0.1, 0.15) is 34.5 Å². The van der Waals surface area contributed by atoms with Crippen molar-refractivity contribution in [3.63, 3.8) is 0 Å². The first-order valence-corrected chi connectivity index (χ1v) is 11.3. The Morgan fingerprint density at radius 3 is 2.58 bits per heavy atom. The van der Waals surface area contributed by atoms with Gasteiger partial charge in [-0.15, -0.1) is 5.10 Å². The Bertz CT molecular complexity index is 1560. The number of nitrogens with one attached hydrogen (secondary N) is 2. The van der Waals surface area contributed by atoms with Gasteiger partial charge in [0.1, 0.15) is 40.7 Å². The predicted octanol–water partition coefficient (Wildman–Crippen LogP) is 1.97. The zero-order chi connectivity index (χ0) is 24.0. The molecular weight excluding hydrogens is 486 g/mol. The van der Waals surface area contributed by atoms with Crippen LogP contribution in [-0.2, 0) is 15.8 Å². The molecule has 0 aromatic carbocycles. The molecule has 6 aromatic rings. The van der Waals surface area contributed by atoms with Gasteiger partial charge in [-0.2, -0.15) is 15.4 Å². The predicted molar refractivity (Wildman–Crippen MR) is 119 cm³/mol. The molecule has 0 aliphatic carbocycles. The lowest BCUT2D eigenvalue weighted by atomic mass is 9.61. The van der Waals surface area contributed by atoms with E-state index in [-0.39, 0.29) is 5.89 Å². The lowest BCUT2D eigenvalue weighted by Gasteiger charge is -2.40. The molecule has 2 unspecified atom stereocenters. The quantitative estimate of drug-likeness (QED) is 0.340. The zero-order valence-corrected chi connectivity index (χ0v) is 18.8. The van der Waals surface area contributed by atoms with E-state index in [0.717, 1.165) is 11.5 Å². The number of aromatic amines is 2. The Hall–Kier alpha value is -5.05. The molecule has 7 heterocycles. The summed E-state index contributed by atoms with van der Waals surface area (Å²) in [5.74, 6) is 0.960. The molecule has 0 amide bonds. The normalized spacial score (nSPS) is 21.7. The molecule has 7 rings (SSSR count). The summed E-state index contributed by atoms with van der Waals surface area (Å²) in [5.41, 5.74) is -0.933. The first-order valence-electron chi connectivity index (χ1n) is 10.5. The van der Waals surface area contributed by atoms with Crippen molar-refractivity contribution < 1.29 is 13.7 Å². The number of aromatic nitrogens is 11. The van der Waals surface area contributed by atoms with Crippen molar-refractivity contribution in [1.82, 2.24) is 55.1 Å². The number of hydrogen-bond donors (Lipinski definition) is 2. The zero-order valence-electron chi connectivity index (χ0n) is 18.0. The Morgan fingerprint density at radius 1 is 0.917 bits per heavy atom. The molecular formula is C21H13N11O3S. The van der Waals surface area contributed by atoms with Crippen LogP contribution in [0.4, 0.5) is 0 Å². The van der Waals surface area contributed by atoms with Crippen molar-refractivity contribution in [2.45, 2.75) is 11.0 Å². The summed E-state index contributed by atoms with van der Waals surface area (Å²) in [7, 11) is 0. The standard InChI is InChI=1S/C21H13N11O3S/c1-7-34-30-12(1)20(13-10-27-31-28-13)16(19-26-6-8-33-19)17(18-24-4-5-25-18)35-21(20,15-11-36-32-29-15)14-9-22-2-3-23-14/h1-11H,(H,24,25)(H,27,28,31). The van der Waals surface area contributed by atoms with Crippen molar-refractivity contribution in [2.75, 3.05) is 0 Å². The van der Waals surface area contributed by atoms with Gasteiger partial charge in [0.05, 0.1) is 24.2 Å². The van der Waals surface area contributed by atoms with E-state index >= 15 is 0 Å². The van der Waals surface area contributed by atoms with Crippen molar-refractivity contribution in [3.8, 4) is 0 Å². The summed E-state index contributed by atoms with van der Waals surface area (Å²) in [4.78, 5) is 21.0. The number of hydrogen-bond acceptors (Lipinski definition) is 13. The van der Waals surface area contributed by atoms with Gasteiger partial charge in [-0.25, -0.2) is 9.97 Å². The summed E-state index contributed by atoms with van der Waals surface area (Å²) < 4.78 is 22.3. The van der Waals surface area contributed by atoms with Gasteiger partial charge in [0.15, 0.2) is 11.6 Å². The van der Waals surface area contributed by atoms with E-state index in [1.165, 1.54) is 18.7 Å². The van der Waals surface area contributed by atoms with Crippen LogP contribution in [0.25, 0.3) is 11.3 Å². The molecule has 6 aromatic heterocycles. The van der Waals surface area contributed by atoms with E-state index in [9.17, 15) is 0 Å². The third kappa shape index (κ3) is 2.56.